The van der Waals surface area contributed by atoms with E-state index in [-0.39, 0.29) is 19.1 Å². The smallest absolute Gasteiger partial charge is 0.449 e. The van der Waals surface area contributed by atoms with Gasteiger partial charge >= 0.3 is 19.4 Å². The number of fused-ring (bicyclic) bond motifs is 3. The molecule has 6 nitrogen and oxygen atoms in total. The Balaban J connectivity index is 1.32. The molecule has 10 heteroatoms. The number of nitrogens with one attached hydrogen (secondary N) is 1. The van der Waals surface area contributed by atoms with Crippen LogP contribution in [0.25, 0.3) is 17.2 Å². The summed E-state index contributed by atoms with van der Waals surface area (Å²) in [5.74, 6) is -0.0959. The lowest BCUT2D eigenvalue weighted by Crippen LogP contribution is -2.41. The van der Waals surface area contributed by atoms with Crippen molar-refractivity contribution >= 4 is 25.0 Å². The molecular formula is C31H32BF3N2O4. The third-order valence-electron chi connectivity index (χ3n) is 8.07. The molecule has 3 aromatic rings. The van der Waals surface area contributed by atoms with Gasteiger partial charge in [0.15, 0.2) is 0 Å². The number of hydrogen-bond acceptors (Lipinski definition) is 5. The summed E-state index contributed by atoms with van der Waals surface area (Å²) in [5.41, 5.74) is 8.41. The van der Waals surface area contributed by atoms with Gasteiger partial charge in [0.25, 0.3) is 0 Å². The number of carbonyl (C=O) groups excluding carboxylic acids is 1. The second-order valence-electron chi connectivity index (χ2n) is 11.3. The Morgan fingerprint density at radius 2 is 1.54 bits per heavy atom. The number of rotatable bonds is 6. The molecule has 1 aliphatic heterocycles. The molecule has 1 saturated heterocycles. The molecule has 214 valence electrons. The van der Waals surface area contributed by atoms with E-state index in [2.05, 4.69) is 17.4 Å². The maximum absolute atomic E-state index is 13.2. The molecule has 3 aromatic carbocycles. The predicted molar refractivity (Wildman–Crippen MR) is 153 cm³/mol. The van der Waals surface area contributed by atoms with E-state index in [9.17, 15) is 18.0 Å². The summed E-state index contributed by atoms with van der Waals surface area (Å²) < 4.78 is 57.6. The molecule has 0 spiro atoms. The average molecular weight is 564 g/mol. The monoisotopic (exact) mass is 564 g/mol. The Kier molecular flexibility index (Phi) is 7.42. The molecule has 5 rings (SSSR count). The first-order valence-corrected chi connectivity index (χ1v) is 13.4. The first-order chi connectivity index (χ1) is 19.3. The van der Waals surface area contributed by atoms with Gasteiger partial charge in [0.2, 0.25) is 0 Å². The van der Waals surface area contributed by atoms with E-state index in [1.54, 1.807) is 6.08 Å². The van der Waals surface area contributed by atoms with Crippen LogP contribution in [0.2, 0.25) is 0 Å². The Labute approximate surface area is 237 Å². The molecule has 1 heterocycles. The van der Waals surface area contributed by atoms with Crippen molar-refractivity contribution in [3.05, 3.63) is 94.5 Å². The highest BCUT2D eigenvalue weighted by molar-refractivity contribution is 6.56. The van der Waals surface area contributed by atoms with Gasteiger partial charge in [-0.3, -0.25) is 0 Å². The van der Waals surface area contributed by atoms with Crippen LogP contribution in [-0.4, -0.2) is 37.6 Å². The second kappa shape index (κ2) is 10.6. The number of amides is 1. The van der Waals surface area contributed by atoms with Crippen LogP contribution >= 0.6 is 0 Å². The molecular weight excluding hydrogens is 532 g/mol. The number of alkyl carbamates (subject to hydrolysis) is 1. The van der Waals surface area contributed by atoms with Gasteiger partial charge in [-0.15, -0.1) is 0 Å². The fraction of sp³-hybridized carbons (Fsp3) is 0.323. The number of nitrogen functional groups attached to an aromatic ring is 1. The molecule has 1 aliphatic carbocycles. The van der Waals surface area contributed by atoms with Crippen molar-refractivity contribution < 1.29 is 32.0 Å². The van der Waals surface area contributed by atoms with Crippen LogP contribution in [0.15, 0.2) is 72.2 Å². The quantitative estimate of drug-likeness (QED) is 0.253. The van der Waals surface area contributed by atoms with Crippen molar-refractivity contribution in [3.63, 3.8) is 0 Å². The van der Waals surface area contributed by atoms with Crippen molar-refractivity contribution in [2.24, 2.45) is 0 Å². The molecule has 0 bridgehead atoms. The first-order valence-electron chi connectivity index (χ1n) is 13.4. The van der Waals surface area contributed by atoms with Crippen LogP contribution in [0, 0.1) is 0 Å². The van der Waals surface area contributed by atoms with Crippen molar-refractivity contribution in [2.75, 3.05) is 18.9 Å². The van der Waals surface area contributed by atoms with Crippen molar-refractivity contribution in [2.45, 2.75) is 51.0 Å². The van der Waals surface area contributed by atoms with Gasteiger partial charge in [-0.05, 0) is 73.1 Å². The normalized spacial score (nSPS) is 17.7. The Morgan fingerprint density at radius 3 is 2.07 bits per heavy atom. The molecule has 1 fully saturated rings. The number of anilines is 1. The Hall–Kier alpha value is -3.76. The van der Waals surface area contributed by atoms with Crippen LogP contribution in [-0.2, 0) is 20.2 Å². The number of hydrogen-bond donors (Lipinski definition) is 2. The SMILES string of the molecule is CC1(C)OB(C(=Cc2ccc(C(F)(F)F)c(N)c2)CNC(=O)OCC2c3ccccc3-c3ccccc32)OC1(C)C. The number of carbonyl (C=O) groups is 1. The summed E-state index contributed by atoms with van der Waals surface area (Å²) in [6.45, 7) is 7.68. The summed E-state index contributed by atoms with van der Waals surface area (Å²) in [7, 11) is -0.850. The maximum atomic E-state index is 13.2. The number of halogens is 3. The minimum absolute atomic E-state index is 0.0194. The largest absolute Gasteiger partial charge is 0.492 e. The molecule has 41 heavy (non-hydrogen) atoms. The first kappa shape index (κ1) is 28.8. The highest BCUT2D eigenvalue weighted by Gasteiger charge is 2.52. The molecule has 3 N–H and O–H groups in total. The fourth-order valence-electron chi connectivity index (χ4n) is 5.16. The Morgan fingerprint density at radius 1 is 0.976 bits per heavy atom. The van der Waals surface area contributed by atoms with Gasteiger partial charge in [-0.25, -0.2) is 4.79 Å². The zero-order valence-electron chi connectivity index (χ0n) is 23.3. The third kappa shape index (κ3) is 5.71. The minimum Gasteiger partial charge on any atom is -0.449 e. The maximum Gasteiger partial charge on any atom is 0.492 e. The van der Waals surface area contributed by atoms with E-state index in [1.165, 1.54) is 12.1 Å². The summed E-state index contributed by atoms with van der Waals surface area (Å²) >= 11 is 0. The summed E-state index contributed by atoms with van der Waals surface area (Å²) in [4.78, 5) is 12.9. The van der Waals surface area contributed by atoms with E-state index in [1.807, 2.05) is 64.1 Å². The van der Waals surface area contributed by atoms with Crippen LogP contribution in [0.5, 0.6) is 0 Å². The number of nitrogens with two attached hydrogens (primary N) is 1. The van der Waals surface area contributed by atoms with Gasteiger partial charge < -0.3 is 25.1 Å². The van der Waals surface area contributed by atoms with Crippen molar-refractivity contribution in [1.29, 1.82) is 0 Å². The fourth-order valence-corrected chi connectivity index (χ4v) is 5.16. The highest BCUT2D eigenvalue weighted by atomic mass is 19.4. The van der Waals surface area contributed by atoms with E-state index in [4.69, 9.17) is 19.8 Å². The Bertz CT molecular complexity index is 1440. The molecule has 0 aromatic heterocycles. The standard InChI is InChI=1S/C31H32BF3N2O4/c1-29(2)30(3,4)41-32(40-29)20(15-19-13-14-26(27(36)16-19)31(33,34)35)17-37-28(38)39-18-25-23-11-7-5-9-21(23)22-10-6-8-12-24(22)25/h5-16,25H,17-18,36H2,1-4H3,(H,37,38). The third-order valence-corrected chi connectivity index (χ3v) is 8.07. The molecule has 0 atom stereocenters. The average Bonchev–Trinajstić information content (AvgIpc) is 3.33. The zero-order chi connectivity index (χ0) is 29.6. The molecule has 1 amide bonds. The van der Waals surface area contributed by atoms with Crippen LogP contribution < -0.4 is 11.1 Å². The number of alkyl halides is 3. The lowest BCUT2D eigenvalue weighted by Gasteiger charge is -2.32. The van der Waals surface area contributed by atoms with Crippen LogP contribution in [0.4, 0.5) is 23.7 Å². The van der Waals surface area contributed by atoms with E-state index < -0.39 is 41.8 Å². The van der Waals surface area contributed by atoms with E-state index in [0.29, 0.717) is 11.0 Å². The lowest BCUT2D eigenvalue weighted by atomic mass is 9.77. The molecule has 2 aliphatic rings. The van der Waals surface area contributed by atoms with Gasteiger partial charge in [0.05, 0.1) is 16.8 Å². The molecule has 0 radical (unpaired) electrons. The number of benzene rings is 3. The minimum atomic E-state index is -4.56. The predicted octanol–water partition coefficient (Wildman–Crippen LogP) is 6.84. The van der Waals surface area contributed by atoms with E-state index in [0.717, 1.165) is 28.3 Å². The van der Waals surface area contributed by atoms with Crippen LogP contribution in [0.1, 0.15) is 55.9 Å². The van der Waals surface area contributed by atoms with Gasteiger partial charge in [-0.1, -0.05) is 60.7 Å². The van der Waals surface area contributed by atoms with Crippen molar-refractivity contribution in [3.8, 4) is 11.1 Å². The number of ether oxygens (including phenoxy) is 1. The highest BCUT2D eigenvalue weighted by Crippen LogP contribution is 2.44. The molecule has 0 saturated carbocycles. The van der Waals surface area contributed by atoms with Gasteiger partial charge in [-0.2, -0.15) is 13.2 Å². The van der Waals surface area contributed by atoms with E-state index >= 15 is 0 Å². The van der Waals surface area contributed by atoms with Crippen LogP contribution in [0.3, 0.4) is 0 Å². The summed E-state index contributed by atoms with van der Waals surface area (Å²) in [6.07, 6.45) is -3.59. The molecule has 0 unspecified atom stereocenters. The lowest BCUT2D eigenvalue weighted by molar-refractivity contribution is -0.136. The van der Waals surface area contributed by atoms with Gasteiger partial charge in [0.1, 0.15) is 6.61 Å². The second-order valence-corrected chi connectivity index (χ2v) is 11.3. The van der Waals surface area contributed by atoms with Crippen molar-refractivity contribution in [1.82, 2.24) is 5.32 Å². The topological polar surface area (TPSA) is 82.8 Å². The van der Waals surface area contributed by atoms with Gasteiger partial charge in [0, 0.05) is 18.2 Å². The summed E-state index contributed by atoms with van der Waals surface area (Å²) in [6, 6.07) is 19.6. The zero-order valence-corrected chi connectivity index (χ0v) is 23.3. The summed E-state index contributed by atoms with van der Waals surface area (Å²) in [5, 5.41) is 2.76.